The van der Waals surface area contributed by atoms with Gasteiger partial charge in [-0.1, -0.05) is 34.6 Å². The van der Waals surface area contributed by atoms with Gasteiger partial charge in [-0.15, -0.1) is 0 Å². The molecule has 1 heterocycles. The Bertz CT molecular complexity index is 485. The smallest absolute Gasteiger partial charge is 0.330 e. The summed E-state index contributed by atoms with van der Waals surface area (Å²) < 4.78 is 37.5. The van der Waals surface area contributed by atoms with Crippen LogP contribution < -0.4 is 0 Å². The molecule has 1 saturated heterocycles. The summed E-state index contributed by atoms with van der Waals surface area (Å²) in [6, 6.07) is 0. The van der Waals surface area contributed by atoms with E-state index in [9.17, 15) is 13.9 Å². The molecule has 0 spiro atoms. The van der Waals surface area contributed by atoms with Crippen molar-refractivity contribution in [3.8, 4) is 0 Å². The number of carbonyl (C=O) groups is 1. The first-order valence-corrected chi connectivity index (χ1v) is 15.7. The summed E-state index contributed by atoms with van der Waals surface area (Å²) in [5.41, 5.74) is 0. The van der Waals surface area contributed by atoms with E-state index in [0.29, 0.717) is 12.6 Å². The highest BCUT2D eigenvalue weighted by molar-refractivity contribution is 7.53. The Hall–Kier alpha value is -0.270. The molecule has 1 unspecified atom stereocenters. The lowest BCUT2D eigenvalue weighted by Crippen LogP contribution is -2.15. The molecule has 0 radical (unpaired) electrons. The maximum atomic E-state index is 11.8. The highest BCUT2D eigenvalue weighted by atomic mass is 31.2. The highest BCUT2D eigenvalue weighted by Crippen LogP contribution is 2.49. The summed E-state index contributed by atoms with van der Waals surface area (Å²) in [6.07, 6.45) is 4.00. The topological polar surface area (TPSA) is 123 Å². The summed E-state index contributed by atoms with van der Waals surface area (Å²) in [4.78, 5) is 20.6. The average molecular weight is 522 g/mol. The SMILES string of the molecule is CC.CC.CCOP(=O)(O)CCCO.CCP(=O)(OC(C)C)OC(C)C.O=CN1CCCC1. The van der Waals surface area contributed by atoms with Crippen LogP contribution in [0.5, 0.6) is 0 Å². The molecule has 0 aromatic carbocycles. The Balaban J connectivity index is -0.000000181. The van der Waals surface area contributed by atoms with Gasteiger partial charge in [0.15, 0.2) is 0 Å². The van der Waals surface area contributed by atoms with Crippen molar-refractivity contribution in [2.45, 2.75) is 101 Å². The standard InChI is InChI=1S/C8H19O3P.C5H9NO.C5H13O4P.2C2H6/c1-6-12(9,10-7(2)3)11-8(4)5;7-5-6-3-1-2-4-6;1-2-9-10(7,8)5-3-4-6;2*1-2/h7-8H,6H2,1-5H3;5H,1-4H2;6H,2-5H2,1H3,(H,7,8);2*1-2H3. The van der Waals surface area contributed by atoms with Crippen LogP contribution in [0.25, 0.3) is 0 Å². The van der Waals surface area contributed by atoms with Gasteiger partial charge in [-0.3, -0.25) is 13.9 Å². The first-order valence-electron chi connectivity index (χ1n) is 12.2. The van der Waals surface area contributed by atoms with Crippen LogP contribution in [0.15, 0.2) is 0 Å². The number of likely N-dealkylation sites (tertiary alicyclic amines) is 1. The molecule has 33 heavy (non-hydrogen) atoms. The normalized spacial score (nSPS) is 14.4. The Kier molecular flexibility index (Phi) is 31.9. The second-order valence-electron chi connectivity index (χ2n) is 6.94. The molecule has 2 N–H and O–H groups in total. The van der Waals surface area contributed by atoms with Crippen LogP contribution in [0.4, 0.5) is 0 Å². The largest absolute Gasteiger partial charge is 0.396 e. The molecule has 0 saturated carbocycles. The number of carbonyl (C=O) groups excluding carboxylic acids is 1. The van der Waals surface area contributed by atoms with Gasteiger partial charge in [0.2, 0.25) is 6.41 Å². The maximum Gasteiger partial charge on any atom is 0.330 e. The van der Waals surface area contributed by atoms with Crippen molar-refractivity contribution in [3.63, 3.8) is 0 Å². The molecule has 11 heteroatoms. The van der Waals surface area contributed by atoms with Crippen molar-refractivity contribution in [2.24, 2.45) is 0 Å². The molecule has 0 aromatic heterocycles. The highest BCUT2D eigenvalue weighted by Gasteiger charge is 2.24. The molecule has 9 nitrogen and oxygen atoms in total. The van der Waals surface area contributed by atoms with Gasteiger partial charge in [-0.05, 0) is 53.9 Å². The summed E-state index contributed by atoms with van der Waals surface area (Å²) in [6.45, 7) is 21.0. The maximum absolute atomic E-state index is 11.8. The van der Waals surface area contributed by atoms with Gasteiger partial charge in [0, 0.05) is 25.9 Å². The monoisotopic (exact) mass is 521 g/mol. The fourth-order valence-corrected chi connectivity index (χ4v) is 4.91. The second-order valence-corrected chi connectivity index (χ2v) is 11.2. The molecule has 0 bridgehead atoms. The zero-order valence-corrected chi connectivity index (χ0v) is 24.6. The van der Waals surface area contributed by atoms with Gasteiger partial charge in [0.05, 0.1) is 25.0 Å². The molecule has 1 aliphatic rings. The number of hydrogen-bond acceptors (Lipinski definition) is 7. The lowest BCUT2D eigenvalue weighted by molar-refractivity contribution is -0.117. The number of amides is 1. The predicted molar refractivity (Wildman–Crippen MR) is 138 cm³/mol. The summed E-state index contributed by atoms with van der Waals surface area (Å²) >= 11 is 0. The summed E-state index contributed by atoms with van der Waals surface area (Å²) in [5, 5.41) is 8.31. The lowest BCUT2D eigenvalue weighted by Gasteiger charge is -2.21. The van der Waals surface area contributed by atoms with E-state index in [1.807, 2.05) is 62.3 Å². The summed E-state index contributed by atoms with van der Waals surface area (Å²) in [7, 11) is -6.18. The third-order valence-electron chi connectivity index (χ3n) is 3.35. The minimum atomic E-state index is -3.37. The molecule has 1 aliphatic heterocycles. The van der Waals surface area contributed by atoms with E-state index in [4.69, 9.17) is 19.0 Å². The van der Waals surface area contributed by atoms with Gasteiger partial charge in [0.25, 0.3) is 0 Å². The molecule has 1 atom stereocenters. The van der Waals surface area contributed by atoms with E-state index in [0.717, 1.165) is 19.5 Å². The number of hydrogen-bond donors (Lipinski definition) is 2. The Morgan fingerprint density at radius 3 is 1.61 bits per heavy atom. The quantitative estimate of drug-likeness (QED) is 0.253. The lowest BCUT2D eigenvalue weighted by atomic mass is 10.4. The van der Waals surface area contributed by atoms with E-state index in [2.05, 4.69) is 4.52 Å². The van der Waals surface area contributed by atoms with E-state index in [1.54, 1.807) is 11.8 Å². The van der Waals surface area contributed by atoms with Crippen molar-refractivity contribution >= 4 is 21.6 Å². The van der Waals surface area contributed by atoms with Crippen LogP contribution in [0.1, 0.15) is 88.5 Å². The predicted octanol–water partition coefficient (Wildman–Crippen LogP) is 5.93. The number of aliphatic hydroxyl groups excluding tert-OH is 1. The Morgan fingerprint density at radius 1 is 0.939 bits per heavy atom. The zero-order chi connectivity index (χ0) is 26.9. The van der Waals surface area contributed by atoms with Gasteiger partial charge >= 0.3 is 15.2 Å². The van der Waals surface area contributed by atoms with Crippen LogP contribution in [-0.4, -0.2) is 72.1 Å². The van der Waals surface area contributed by atoms with Crippen LogP contribution >= 0.6 is 15.2 Å². The molecule has 0 aliphatic carbocycles. The van der Waals surface area contributed by atoms with Crippen molar-refractivity contribution in [3.05, 3.63) is 0 Å². The Labute approximate surface area is 203 Å². The van der Waals surface area contributed by atoms with Crippen LogP contribution in [-0.2, 0) is 27.5 Å². The molecular formula is C22H53NO8P2. The summed E-state index contributed by atoms with van der Waals surface area (Å²) in [5.74, 6) is 0. The van der Waals surface area contributed by atoms with Crippen molar-refractivity contribution in [1.29, 1.82) is 0 Å². The van der Waals surface area contributed by atoms with Crippen LogP contribution in [0, 0.1) is 0 Å². The van der Waals surface area contributed by atoms with Crippen LogP contribution in [0.2, 0.25) is 0 Å². The minimum Gasteiger partial charge on any atom is -0.396 e. The van der Waals surface area contributed by atoms with E-state index < -0.39 is 15.2 Å². The fraction of sp³-hybridized carbons (Fsp3) is 0.955. The molecule has 0 aromatic rings. The van der Waals surface area contributed by atoms with Crippen LogP contribution in [0.3, 0.4) is 0 Å². The number of aliphatic hydroxyl groups is 1. The molecule has 1 fully saturated rings. The molecular weight excluding hydrogens is 468 g/mol. The second kappa shape index (κ2) is 26.3. The van der Waals surface area contributed by atoms with Gasteiger partial charge in [-0.25, -0.2) is 0 Å². The number of nitrogens with zero attached hydrogens (tertiary/aromatic N) is 1. The van der Waals surface area contributed by atoms with Crippen molar-refractivity contribution < 1.29 is 37.5 Å². The van der Waals surface area contributed by atoms with Gasteiger partial charge in [0.1, 0.15) is 0 Å². The minimum absolute atomic E-state index is 0.0390. The zero-order valence-electron chi connectivity index (χ0n) is 22.8. The van der Waals surface area contributed by atoms with Crippen molar-refractivity contribution in [1.82, 2.24) is 4.90 Å². The first kappa shape index (κ1) is 39.9. The molecule has 204 valence electrons. The first-order chi connectivity index (χ1) is 15.4. The van der Waals surface area contributed by atoms with Crippen molar-refractivity contribution in [2.75, 3.05) is 38.6 Å². The fourth-order valence-electron chi connectivity index (χ4n) is 2.20. The van der Waals surface area contributed by atoms with E-state index in [-0.39, 0.29) is 31.6 Å². The number of rotatable bonds is 11. The third kappa shape index (κ3) is 29.7. The molecule has 1 amide bonds. The van der Waals surface area contributed by atoms with E-state index >= 15 is 0 Å². The molecule has 1 rings (SSSR count). The average Bonchev–Trinajstić information content (AvgIpc) is 3.29. The third-order valence-corrected chi connectivity index (χ3v) is 7.15. The Morgan fingerprint density at radius 2 is 1.36 bits per heavy atom. The van der Waals surface area contributed by atoms with Gasteiger partial charge < -0.3 is 28.5 Å². The van der Waals surface area contributed by atoms with E-state index in [1.165, 1.54) is 12.8 Å². The van der Waals surface area contributed by atoms with Gasteiger partial charge in [-0.2, -0.15) is 0 Å².